The molecule has 1 aromatic rings. The van der Waals surface area contributed by atoms with E-state index in [1.54, 1.807) is 6.20 Å². The van der Waals surface area contributed by atoms with E-state index in [0.29, 0.717) is 24.5 Å². The van der Waals surface area contributed by atoms with Crippen molar-refractivity contribution in [2.75, 3.05) is 0 Å². The van der Waals surface area contributed by atoms with Crippen LogP contribution in [0.1, 0.15) is 70.9 Å². The molecule has 3 saturated carbocycles. The molecule has 3 N–H and O–H groups in total. The zero-order valence-corrected chi connectivity index (χ0v) is 17.1. The highest BCUT2D eigenvalue weighted by atomic mass is 16.3. The second-order valence-corrected chi connectivity index (χ2v) is 10.4. The lowest BCUT2D eigenvalue weighted by molar-refractivity contribution is -0.219. The van der Waals surface area contributed by atoms with Crippen LogP contribution < -0.4 is 0 Å². The van der Waals surface area contributed by atoms with E-state index >= 15 is 0 Å². The summed E-state index contributed by atoms with van der Waals surface area (Å²) in [7, 11) is 0. The van der Waals surface area contributed by atoms with Crippen molar-refractivity contribution >= 4 is 0 Å². The summed E-state index contributed by atoms with van der Waals surface area (Å²) in [6, 6.07) is 5.71. The molecule has 152 valence electrons. The Bertz CT molecular complexity index is 809. The van der Waals surface area contributed by atoms with Gasteiger partial charge in [-0.2, -0.15) is 0 Å². The highest BCUT2D eigenvalue weighted by Gasteiger charge is 2.71. The van der Waals surface area contributed by atoms with Crippen LogP contribution in [0.5, 0.6) is 0 Å². The lowest BCUT2D eigenvalue weighted by Crippen LogP contribution is -2.63. The SMILES string of the molecule is C[C@]12CC[C@H]3[C@@H](CC=C4C[C@@H](O)CC[C@@]43C)[C@@]1(O)CC[C@]2(O)c1ccccn1. The Balaban J connectivity index is 1.56. The first kappa shape index (κ1) is 18.8. The average molecular weight is 384 g/mol. The zero-order valence-electron chi connectivity index (χ0n) is 17.1. The predicted molar refractivity (Wildman–Crippen MR) is 107 cm³/mol. The van der Waals surface area contributed by atoms with Crippen molar-refractivity contribution < 1.29 is 15.3 Å². The van der Waals surface area contributed by atoms with Gasteiger partial charge in [-0.3, -0.25) is 4.98 Å². The van der Waals surface area contributed by atoms with E-state index in [2.05, 4.69) is 24.9 Å². The molecule has 0 radical (unpaired) electrons. The van der Waals surface area contributed by atoms with Crippen LogP contribution in [0.3, 0.4) is 0 Å². The number of rotatable bonds is 1. The van der Waals surface area contributed by atoms with E-state index in [-0.39, 0.29) is 17.4 Å². The first-order chi connectivity index (χ1) is 13.2. The second kappa shape index (κ2) is 5.90. The third kappa shape index (κ3) is 2.15. The molecule has 3 fully saturated rings. The monoisotopic (exact) mass is 383 g/mol. The summed E-state index contributed by atoms with van der Waals surface area (Å²) in [5.41, 5.74) is -0.384. The number of fused-ring (bicyclic) bond motifs is 5. The first-order valence-corrected chi connectivity index (χ1v) is 11.0. The van der Waals surface area contributed by atoms with Crippen molar-refractivity contribution in [2.24, 2.45) is 22.7 Å². The minimum atomic E-state index is -1.08. The number of pyridine rings is 1. The Morgan fingerprint density at radius 2 is 1.82 bits per heavy atom. The quantitative estimate of drug-likeness (QED) is 0.647. The van der Waals surface area contributed by atoms with Gasteiger partial charge in [0.1, 0.15) is 5.60 Å². The van der Waals surface area contributed by atoms with Crippen molar-refractivity contribution in [2.45, 2.75) is 82.5 Å². The standard InChI is InChI=1S/C24H33NO3/c1-21-10-8-17(26)15-16(21)6-7-19-18(21)9-11-22(2)23(19,27)12-13-24(22,28)20-5-3-4-14-25-20/h3-6,14,17-19,26-28H,7-13,15H2,1-2H3/t17-,18-,19+,21-,22-,23-,24-/m0/s1. The van der Waals surface area contributed by atoms with Crippen LogP contribution in [0.4, 0.5) is 0 Å². The zero-order chi connectivity index (χ0) is 19.8. The van der Waals surface area contributed by atoms with Crippen LogP contribution in [-0.4, -0.2) is 32.0 Å². The third-order valence-electron chi connectivity index (χ3n) is 9.50. The largest absolute Gasteiger partial charge is 0.393 e. The van der Waals surface area contributed by atoms with Crippen LogP contribution in [0.25, 0.3) is 0 Å². The van der Waals surface area contributed by atoms with E-state index < -0.39 is 16.6 Å². The molecule has 7 atom stereocenters. The van der Waals surface area contributed by atoms with Gasteiger partial charge >= 0.3 is 0 Å². The van der Waals surface area contributed by atoms with Crippen molar-refractivity contribution in [3.8, 4) is 0 Å². The number of hydrogen-bond acceptors (Lipinski definition) is 4. The fourth-order valence-corrected chi connectivity index (χ4v) is 7.64. The topological polar surface area (TPSA) is 73.6 Å². The van der Waals surface area contributed by atoms with Crippen molar-refractivity contribution in [3.63, 3.8) is 0 Å². The molecule has 0 aromatic carbocycles. The molecular weight excluding hydrogens is 350 g/mol. The number of nitrogens with zero attached hydrogens (tertiary/aromatic N) is 1. The fourth-order valence-electron chi connectivity index (χ4n) is 7.64. The van der Waals surface area contributed by atoms with E-state index in [1.165, 1.54) is 5.57 Å². The minimum absolute atomic E-state index is 0.0743. The van der Waals surface area contributed by atoms with Crippen LogP contribution in [0.2, 0.25) is 0 Å². The summed E-state index contributed by atoms with van der Waals surface area (Å²) in [5.74, 6) is 0.581. The van der Waals surface area contributed by atoms with Crippen molar-refractivity contribution in [1.82, 2.24) is 4.98 Å². The highest BCUT2D eigenvalue weighted by molar-refractivity contribution is 5.32. The van der Waals surface area contributed by atoms with E-state index in [9.17, 15) is 15.3 Å². The summed E-state index contributed by atoms with van der Waals surface area (Å²) in [4.78, 5) is 4.49. The maximum atomic E-state index is 12.2. The number of aliphatic hydroxyl groups excluding tert-OH is 1. The maximum absolute atomic E-state index is 12.2. The van der Waals surface area contributed by atoms with Gasteiger partial charge in [-0.1, -0.05) is 31.6 Å². The number of aromatic nitrogens is 1. The van der Waals surface area contributed by atoms with Crippen LogP contribution >= 0.6 is 0 Å². The van der Waals surface area contributed by atoms with E-state index in [4.69, 9.17) is 0 Å². The normalized spacial score (nSPS) is 50.3. The van der Waals surface area contributed by atoms with Gasteiger partial charge in [0.2, 0.25) is 0 Å². The molecule has 0 unspecified atom stereocenters. The summed E-state index contributed by atoms with van der Waals surface area (Å²) in [6.07, 6.45) is 10.3. The van der Waals surface area contributed by atoms with Gasteiger partial charge in [0.25, 0.3) is 0 Å². The molecule has 0 saturated heterocycles. The van der Waals surface area contributed by atoms with Gasteiger partial charge in [0, 0.05) is 11.6 Å². The average Bonchev–Trinajstić information content (AvgIpc) is 2.91. The molecule has 28 heavy (non-hydrogen) atoms. The van der Waals surface area contributed by atoms with Crippen LogP contribution in [0.15, 0.2) is 36.0 Å². The van der Waals surface area contributed by atoms with Gasteiger partial charge in [-0.05, 0) is 80.8 Å². The molecule has 4 nitrogen and oxygen atoms in total. The molecule has 0 aliphatic heterocycles. The predicted octanol–water partition coefficient (Wildman–Crippen LogP) is 3.71. The summed E-state index contributed by atoms with van der Waals surface area (Å²) < 4.78 is 0. The van der Waals surface area contributed by atoms with Gasteiger partial charge in [0.15, 0.2) is 0 Å². The van der Waals surface area contributed by atoms with Gasteiger partial charge in [-0.25, -0.2) is 0 Å². The number of hydrogen-bond donors (Lipinski definition) is 3. The Hall–Kier alpha value is -1.23. The van der Waals surface area contributed by atoms with Crippen LogP contribution in [0, 0.1) is 22.7 Å². The summed E-state index contributed by atoms with van der Waals surface area (Å²) >= 11 is 0. The lowest BCUT2D eigenvalue weighted by Gasteiger charge is -2.62. The summed E-state index contributed by atoms with van der Waals surface area (Å²) in [5, 5.41) is 34.2. The van der Waals surface area contributed by atoms with Crippen molar-refractivity contribution in [3.05, 3.63) is 41.7 Å². The summed E-state index contributed by atoms with van der Waals surface area (Å²) in [6.45, 7) is 4.45. The highest BCUT2D eigenvalue weighted by Crippen LogP contribution is 2.70. The van der Waals surface area contributed by atoms with Crippen LogP contribution in [-0.2, 0) is 5.60 Å². The third-order valence-corrected chi connectivity index (χ3v) is 9.50. The molecule has 4 heteroatoms. The molecular formula is C24H33NO3. The van der Waals surface area contributed by atoms with E-state index in [0.717, 1.165) is 38.5 Å². The minimum Gasteiger partial charge on any atom is -0.393 e. The van der Waals surface area contributed by atoms with Gasteiger partial charge < -0.3 is 15.3 Å². The molecule has 1 aromatic heterocycles. The van der Waals surface area contributed by atoms with Gasteiger partial charge in [0.05, 0.1) is 17.4 Å². The number of allylic oxidation sites excluding steroid dienone is 1. The maximum Gasteiger partial charge on any atom is 0.115 e. The molecule has 0 spiro atoms. The number of aliphatic hydroxyl groups is 3. The van der Waals surface area contributed by atoms with Crippen molar-refractivity contribution in [1.29, 1.82) is 0 Å². The molecule has 5 rings (SSSR count). The van der Waals surface area contributed by atoms with E-state index in [1.807, 2.05) is 18.2 Å². The Kier molecular flexibility index (Phi) is 3.96. The molecule has 4 aliphatic rings. The Labute approximate surface area is 167 Å². The lowest BCUT2D eigenvalue weighted by atomic mass is 9.45. The molecule has 4 aliphatic carbocycles. The molecule has 1 heterocycles. The first-order valence-electron chi connectivity index (χ1n) is 11.0. The fraction of sp³-hybridized carbons (Fsp3) is 0.708. The Morgan fingerprint density at radius 3 is 2.57 bits per heavy atom. The van der Waals surface area contributed by atoms with Gasteiger partial charge in [-0.15, -0.1) is 0 Å². The Morgan fingerprint density at radius 1 is 1.00 bits per heavy atom. The molecule has 0 bridgehead atoms. The molecule has 0 amide bonds. The smallest absolute Gasteiger partial charge is 0.115 e. The second-order valence-electron chi connectivity index (χ2n) is 10.4.